The van der Waals surface area contributed by atoms with E-state index >= 15 is 0 Å². The lowest BCUT2D eigenvalue weighted by Crippen LogP contribution is -1.95. The van der Waals surface area contributed by atoms with Gasteiger partial charge in [0.15, 0.2) is 0 Å². The molecule has 0 saturated carbocycles. The number of halogens is 1. The molecule has 4 nitrogen and oxygen atoms in total. The highest BCUT2D eigenvalue weighted by Gasteiger charge is 2.05. The van der Waals surface area contributed by atoms with Gasteiger partial charge in [0.2, 0.25) is 0 Å². The van der Waals surface area contributed by atoms with E-state index in [-0.39, 0.29) is 11.4 Å². The second-order valence-corrected chi connectivity index (χ2v) is 1.71. The van der Waals surface area contributed by atoms with E-state index in [4.69, 9.17) is 5.11 Å². The third kappa shape index (κ3) is 1.12. The Kier molecular flexibility index (Phi) is 1.66. The van der Waals surface area contributed by atoms with Crippen molar-refractivity contribution < 1.29 is 14.3 Å². The van der Waals surface area contributed by atoms with Gasteiger partial charge < -0.3 is 5.11 Å². The van der Waals surface area contributed by atoms with Crippen LogP contribution in [0.3, 0.4) is 0 Å². The zero-order chi connectivity index (χ0) is 7.56. The number of carboxylic acids is 1. The molecule has 2 N–H and O–H groups in total. The standard InChI is InChI=1S/C5H5FN2O2/c6-2-3-1-4(5(9)10)8-7-3/h1H,2H2,(H,7,8)(H,9,10). The van der Waals surface area contributed by atoms with E-state index in [1.807, 2.05) is 0 Å². The van der Waals surface area contributed by atoms with E-state index in [0.717, 1.165) is 6.07 Å². The van der Waals surface area contributed by atoms with Gasteiger partial charge in [0.05, 0.1) is 5.69 Å². The Balaban J connectivity index is 2.88. The molecular weight excluding hydrogens is 139 g/mol. The fourth-order valence-corrected chi connectivity index (χ4v) is 0.541. The lowest BCUT2D eigenvalue weighted by molar-refractivity contribution is 0.0690. The number of nitrogens with one attached hydrogen (secondary N) is 1. The van der Waals surface area contributed by atoms with Gasteiger partial charge in [0.1, 0.15) is 12.4 Å². The molecule has 1 aromatic rings. The van der Waals surface area contributed by atoms with Crippen molar-refractivity contribution in [2.75, 3.05) is 0 Å². The number of carbonyl (C=O) groups is 1. The number of aromatic amines is 1. The van der Waals surface area contributed by atoms with E-state index < -0.39 is 12.6 Å². The fourth-order valence-electron chi connectivity index (χ4n) is 0.541. The average Bonchev–Trinajstić information content (AvgIpc) is 2.34. The van der Waals surface area contributed by atoms with E-state index in [2.05, 4.69) is 10.2 Å². The summed E-state index contributed by atoms with van der Waals surface area (Å²) in [5, 5.41) is 13.8. The molecule has 0 amide bonds. The molecule has 0 aliphatic carbocycles. The summed E-state index contributed by atoms with van der Waals surface area (Å²) in [5.74, 6) is -1.13. The Labute approximate surface area is 55.7 Å². The topological polar surface area (TPSA) is 66.0 Å². The van der Waals surface area contributed by atoms with Crippen molar-refractivity contribution in [2.45, 2.75) is 6.67 Å². The van der Waals surface area contributed by atoms with Crippen molar-refractivity contribution in [3.63, 3.8) is 0 Å². The van der Waals surface area contributed by atoms with E-state index in [0.29, 0.717) is 0 Å². The van der Waals surface area contributed by atoms with Gasteiger partial charge in [-0.05, 0) is 6.07 Å². The third-order valence-corrected chi connectivity index (χ3v) is 0.998. The van der Waals surface area contributed by atoms with Crippen molar-refractivity contribution in [3.05, 3.63) is 17.5 Å². The molecule has 0 aromatic carbocycles. The zero-order valence-electron chi connectivity index (χ0n) is 4.97. The van der Waals surface area contributed by atoms with Crippen LogP contribution in [0.1, 0.15) is 16.2 Å². The smallest absolute Gasteiger partial charge is 0.353 e. The number of nitrogens with zero attached hydrogens (tertiary/aromatic N) is 1. The van der Waals surface area contributed by atoms with Gasteiger partial charge in [-0.15, -0.1) is 0 Å². The highest BCUT2D eigenvalue weighted by atomic mass is 19.1. The van der Waals surface area contributed by atoms with Crippen LogP contribution < -0.4 is 0 Å². The number of rotatable bonds is 2. The van der Waals surface area contributed by atoms with E-state index in [9.17, 15) is 9.18 Å². The third-order valence-electron chi connectivity index (χ3n) is 0.998. The highest BCUT2D eigenvalue weighted by Crippen LogP contribution is 1.99. The van der Waals surface area contributed by atoms with Gasteiger partial charge in [0.25, 0.3) is 0 Å². The predicted octanol–water partition coefficient (Wildman–Crippen LogP) is 0.577. The van der Waals surface area contributed by atoms with Gasteiger partial charge in [-0.25, -0.2) is 9.18 Å². The van der Waals surface area contributed by atoms with Gasteiger partial charge >= 0.3 is 5.97 Å². The first-order valence-electron chi connectivity index (χ1n) is 2.57. The minimum absolute atomic E-state index is 0.0901. The molecule has 0 aliphatic heterocycles. The van der Waals surface area contributed by atoms with Crippen LogP contribution in [-0.2, 0) is 6.67 Å². The fraction of sp³-hybridized carbons (Fsp3) is 0.200. The number of alkyl halides is 1. The average molecular weight is 144 g/mol. The lowest BCUT2D eigenvalue weighted by Gasteiger charge is -1.79. The van der Waals surface area contributed by atoms with Crippen molar-refractivity contribution in [1.29, 1.82) is 0 Å². The van der Waals surface area contributed by atoms with Crippen LogP contribution in [0.15, 0.2) is 6.07 Å². The van der Waals surface area contributed by atoms with E-state index in [1.165, 1.54) is 0 Å². The molecule has 0 atom stereocenters. The number of carboxylic acid groups (broad SMARTS) is 1. The van der Waals surface area contributed by atoms with Crippen molar-refractivity contribution in [1.82, 2.24) is 10.2 Å². The lowest BCUT2D eigenvalue weighted by atomic mass is 10.4. The Morgan fingerprint density at radius 2 is 2.60 bits per heavy atom. The summed E-state index contributed by atoms with van der Waals surface area (Å²) >= 11 is 0. The summed E-state index contributed by atoms with van der Waals surface area (Å²) in [6, 6.07) is 1.16. The number of aromatic nitrogens is 2. The first-order chi connectivity index (χ1) is 4.74. The van der Waals surface area contributed by atoms with Crippen LogP contribution in [0, 0.1) is 0 Å². The summed E-state index contributed by atoms with van der Waals surface area (Å²) in [4.78, 5) is 10.1. The van der Waals surface area contributed by atoms with Crippen LogP contribution in [-0.4, -0.2) is 21.3 Å². The second-order valence-electron chi connectivity index (χ2n) is 1.71. The minimum atomic E-state index is -1.13. The number of hydrogen-bond acceptors (Lipinski definition) is 2. The normalized spacial score (nSPS) is 9.70. The first kappa shape index (κ1) is 6.73. The predicted molar refractivity (Wildman–Crippen MR) is 30.4 cm³/mol. The molecule has 1 heterocycles. The Bertz CT molecular complexity index is 246. The molecule has 0 aliphatic rings. The Morgan fingerprint density at radius 3 is 2.90 bits per heavy atom. The summed E-state index contributed by atoms with van der Waals surface area (Å²) < 4.78 is 11.7. The number of hydrogen-bond donors (Lipinski definition) is 2. The molecule has 0 spiro atoms. The largest absolute Gasteiger partial charge is 0.477 e. The molecule has 0 bridgehead atoms. The molecule has 1 rings (SSSR count). The Hall–Kier alpha value is -1.39. The minimum Gasteiger partial charge on any atom is -0.477 e. The van der Waals surface area contributed by atoms with Gasteiger partial charge in [-0.3, -0.25) is 5.10 Å². The second kappa shape index (κ2) is 2.47. The van der Waals surface area contributed by atoms with Crippen molar-refractivity contribution >= 4 is 5.97 Å². The number of H-pyrrole nitrogens is 1. The summed E-state index contributed by atoms with van der Waals surface area (Å²) in [5.41, 5.74) is 0.0186. The summed E-state index contributed by atoms with van der Waals surface area (Å²) in [6.45, 7) is -0.746. The van der Waals surface area contributed by atoms with Gasteiger partial charge in [-0.1, -0.05) is 0 Å². The van der Waals surface area contributed by atoms with Crippen LogP contribution in [0.5, 0.6) is 0 Å². The maximum Gasteiger partial charge on any atom is 0.353 e. The quantitative estimate of drug-likeness (QED) is 0.637. The SMILES string of the molecule is O=C(O)c1cc(CF)n[nH]1. The van der Waals surface area contributed by atoms with Gasteiger partial charge in [0, 0.05) is 0 Å². The highest BCUT2D eigenvalue weighted by molar-refractivity contribution is 5.85. The zero-order valence-corrected chi connectivity index (χ0v) is 4.97. The molecule has 0 saturated heterocycles. The molecular formula is C5H5FN2O2. The molecule has 5 heteroatoms. The molecule has 1 aromatic heterocycles. The van der Waals surface area contributed by atoms with Gasteiger partial charge in [-0.2, -0.15) is 5.10 Å². The Morgan fingerprint density at radius 1 is 1.90 bits per heavy atom. The van der Waals surface area contributed by atoms with Crippen LogP contribution >= 0.6 is 0 Å². The summed E-state index contributed by atoms with van der Waals surface area (Å²) in [6.07, 6.45) is 0. The van der Waals surface area contributed by atoms with Crippen LogP contribution in [0.2, 0.25) is 0 Å². The maximum atomic E-state index is 11.7. The van der Waals surface area contributed by atoms with Crippen LogP contribution in [0.25, 0.3) is 0 Å². The molecule has 54 valence electrons. The van der Waals surface area contributed by atoms with Crippen molar-refractivity contribution in [2.24, 2.45) is 0 Å². The van der Waals surface area contributed by atoms with Crippen LogP contribution in [0.4, 0.5) is 4.39 Å². The molecule has 0 fully saturated rings. The number of aromatic carboxylic acids is 1. The summed E-state index contributed by atoms with van der Waals surface area (Å²) in [7, 11) is 0. The molecule has 10 heavy (non-hydrogen) atoms. The monoisotopic (exact) mass is 144 g/mol. The molecule has 0 unspecified atom stereocenters. The maximum absolute atomic E-state index is 11.7. The van der Waals surface area contributed by atoms with E-state index in [1.54, 1.807) is 0 Å². The first-order valence-corrected chi connectivity index (χ1v) is 2.57. The van der Waals surface area contributed by atoms with Crippen molar-refractivity contribution in [3.8, 4) is 0 Å². The molecule has 0 radical (unpaired) electrons.